The number of benzene rings is 3. The average molecular weight is 665 g/mol. The zero-order chi connectivity index (χ0) is 33.0. The summed E-state index contributed by atoms with van der Waals surface area (Å²) in [6.07, 6.45) is 2.35. The van der Waals surface area contributed by atoms with E-state index in [1.165, 1.54) is 12.5 Å². The SMILES string of the molecule is CC=O.Cc1cc(C)cc(C(=O)N2CCN(C(=O)CCN3C[C@H]4C[C@H]3CN4Cc3ccc(N)cc3)[C@H](c3ccc(Cl)c(Cl)c3)C2)c1. The maximum Gasteiger partial charge on any atom is 0.254 e. The van der Waals surface area contributed by atoms with E-state index in [9.17, 15) is 9.59 Å². The van der Waals surface area contributed by atoms with Crippen LogP contribution >= 0.6 is 23.2 Å². The Balaban J connectivity index is 0.00000134. The van der Waals surface area contributed by atoms with Crippen molar-refractivity contribution in [1.82, 2.24) is 19.6 Å². The van der Waals surface area contributed by atoms with Crippen LogP contribution in [0.2, 0.25) is 10.0 Å². The number of anilines is 1. The van der Waals surface area contributed by atoms with Gasteiger partial charge in [0.05, 0.1) is 16.1 Å². The van der Waals surface area contributed by atoms with Gasteiger partial charge in [-0.3, -0.25) is 19.4 Å². The molecule has 3 aromatic carbocycles. The van der Waals surface area contributed by atoms with E-state index in [-0.39, 0.29) is 17.9 Å². The Bertz CT molecular complexity index is 1550. The van der Waals surface area contributed by atoms with E-state index in [2.05, 4.69) is 28.0 Å². The first-order valence-corrected chi connectivity index (χ1v) is 16.7. The zero-order valence-electron chi connectivity index (χ0n) is 26.8. The molecular weight excluding hydrogens is 621 g/mol. The van der Waals surface area contributed by atoms with Gasteiger partial charge in [0, 0.05) is 75.6 Å². The molecule has 2 N–H and O–H groups in total. The number of hydrogen-bond acceptors (Lipinski definition) is 6. The highest BCUT2D eigenvalue weighted by Crippen LogP contribution is 2.34. The van der Waals surface area contributed by atoms with Crippen LogP contribution < -0.4 is 5.73 Å². The molecule has 3 fully saturated rings. The number of likely N-dealkylation sites (tertiary alicyclic amines) is 2. The highest BCUT2D eigenvalue weighted by Gasteiger charge is 2.43. The van der Waals surface area contributed by atoms with Gasteiger partial charge in [0.15, 0.2) is 0 Å². The molecule has 46 heavy (non-hydrogen) atoms. The highest BCUT2D eigenvalue weighted by molar-refractivity contribution is 6.42. The van der Waals surface area contributed by atoms with Gasteiger partial charge in [-0.2, -0.15) is 0 Å². The molecule has 3 aliphatic heterocycles. The van der Waals surface area contributed by atoms with E-state index in [1.807, 2.05) is 60.0 Å². The van der Waals surface area contributed by atoms with Gasteiger partial charge in [-0.15, -0.1) is 0 Å². The van der Waals surface area contributed by atoms with Crippen LogP contribution in [-0.2, 0) is 16.1 Å². The lowest BCUT2D eigenvalue weighted by atomic mass is 10.00. The van der Waals surface area contributed by atoms with E-state index in [4.69, 9.17) is 33.7 Å². The summed E-state index contributed by atoms with van der Waals surface area (Å²) in [6, 6.07) is 20.3. The van der Waals surface area contributed by atoms with Gasteiger partial charge < -0.3 is 20.3 Å². The minimum absolute atomic E-state index is 0.0134. The second kappa shape index (κ2) is 15.0. The molecule has 0 aromatic heterocycles. The molecule has 8 nitrogen and oxygen atoms in total. The quantitative estimate of drug-likeness (QED) is 0.255. The lowest BCUT2D eigenvalue weighted by Crippen LogP contribution is -2.53. The summed E-state index contributed by atoms with van der Waals surface area (Å²) in [5.74, 6) is 0.0941. The number of nitrogens with zero attached hydrogens (tertiary/aromatic N) is 4. The van der Waals surface area contributed by atoms with Crippen LogP contribution in [-0.4, -0.2) is 89.1 Å². The minimum atomic E-state index is -0.295. The molecule has 0 unspecified atom stereocenters. The lowest BCUT2D eigenvalue weighted by Gasteiger charge is -2.42. The standard InChI is InChI=1S/C34H39Cl2N5O2.C2H4O/c1-22-13-23(2)15-26(14-22)34(43)39-11-12-41(32(21-39)25-5-8-30(35)31(36)16-25)33(42)9-10-38-19-29-17-28(38)20-40(29)18-24-3-6-27(37)7-4-24;1-2-3/h3-8,13-16,28-29,32H,9-12,17-21,37H2,1-2H3;2H,1H3/t28-,29+,32-;/m0./s1. The topological polar surface area (TPSA) is 90.2 Å². The Morgan fingerprint density at radius 1 is 0.870 bits per heavy atom. The fraction of sp³-hybridized carbons (Fsp3) is 0.417. The Kier molecular flexibility index (Phi) is 11.1. The number of nitrogens with two attached hydrogens (primary N) is 1. The summed E-state index contributed by atoms with van der Waals surface area (Å²) in [7, 11) is 0. The van der Waals surface area contributed by atoms with Crippen LogP contribution in [0, 0.1) is 13.8 Å². The van der Waals surface area contributed by atoms with Gasteiger partial charge in [-0.05, 0) is 74.7 Å². The second-order valence-electron chi connectivity index (χ2n) is 12.6. The maximum atomic E-state index is 13.8. The Labute approximate surface area is 282 Å². The Morgan fingerprint density at radius 3 is 2.15 bits per heavy atom. The first-order chi connectivity index (χ1) is 22.1. The van der Waals surface area contributed by atoms with Crippen molar-refractivity contribution in [3.05, 3.63) is 98.5 Å². The number of fused-ring (bicyclic) bond motifs is 2. The van der Waals surface area contributed by atoms with Crippen molar-refractivity contribution >= 4 is 47.0 Å². The van der Waals surface area contributed by atoms with Crippen LogP contribution in [0.15, 0.2) is 60.7 Å². The molecule has 2 bridgehead atoms. The fourth-order valence-corrected chi connectivity index (χ4v) is 7.40. The van der Waals surface area contributed by atoms with E-state index < -0.39 is 0 Å². The van der Waals surface area contributed by atoms with Crippen LogP contribution in [0.25, 0.3) is 0 Å². The summed E-state index contributed by atoms with van der Waals surface area (Å²) < 4.78 is 0. The van der Waals surface area contributed by atoms with E-state index in [1.54, 1.807) is 6.07 Å². The zero-order valence-corrected chi connectivity index (χ0v) is 28.3. The van der Waals surface area contributed by atoms with Crippen molar-refractivity contribution in [2.45, 2.75) is 58.3 Å². The number of aldehydes is 1. The number of amides is 2. The smallest absolute Gasteiger partial charge is 0.254 e. The van der Waals surface area contributed by atoms with Crippen molar-refractivity contribution in [2.75, 3.05) is 45.0 Å². The Morgan fingerprint density at radius 2 is 1.52 bits per heavy atom. The van der Waals surface area contributed by atoms with Crippen molar-refractivity contribution in [2.24, 2.45) is 0 Å². The second-order valence-corrected chi connectivity index (χ2v) is 13.4. The average Bonchev–Trinajstić information content (AvgIpc) is 3.62. The third kappa shape index (κ3) is 7.92. The van der Waals surface area contributed by atoms with Gasteiger partial charge in [-0.25, -0.2) is 0 Å². The maximum absolute atomic E-state index is 13.8. The molecule has 2 amide bonds. The van der Waals surface area contributed by atoms with Gasteiger partial charge in [-0.1, -0.05) is 58.6 Å². The van der Waals surface area contributed by atoms with Gasteiger partial charge in [0.2, 0.25) is 5.91 Å². The van der Waals surface area contributed by atoms with Crippen molar-refractivity contribution in [3.63, 3.8) is 0 Å². The molecule has 244 valence electrons. The molecular formula is C36H43Cl2N5O3. The molecule has 3 saturated heterocycles. The van der Waals surface area contributed by atoms with Crippen LogP contribution in [0.4, 0.5) is 5.69 Å². The summed E-state index contributed by atoms with van der Waals surface area (Å²) in [5, 5.41) is 0.915. The normalized spacial score (nSPS) is 21.2. The minimum Gasteiger partial charge on any atom is -0.399 e. The predicted octanol–water partition coefficient (Wildman–Crippen LogP) is 5.77. The number of hydrogen-bond donors (Lipinski definition) is 1. The van der Waals surface area contributed by atoms with Crippen molar-refractivity contribution < 1.29 is 14.4 Å². The molecule has 3 aromatic rings. The molecule has 10 heteroatoms. The first kappa shape index (κ1) is 33.9. The number of piperazine rings is 2. The number of carbonyl (C=O) groups excluding carboxylic acids is 3. The van der Waals surface area contributed by atoms with Crippen molar-refractivity contribution in [3.8, 4) is 0 Å². The van der Waals surface area contributed by atoms with E-state index >= 15 is 0 Å². The molecule has 0 aliphatic carbocycles. The number of carbonyl (C=O) groups is 3. The third-order valence-electron chi connectivity index (χ3n) is 9.23. The third-order valence-corrected chi connectivity index (χ3v) is 9.97. The molecule has 3 atom stereocenters. The van der Waals surface area contributed by atoms with Crippen LogP contribution in [0.3, 0.4) is 0 Å². The largest absolute Gasteiger partial charge is 0.399 e. The number of nitrogen functional groups attached to an aromatic ring is 1. The van der Waals surface area contributed by atoms with Crippen LogP contribution in [0.1, 0.15) is 58.4 Å². The summed E-state index contributed by atoms with van der Waals surface area (Å²) in [6.45, 7) is 10.5. The molecule has 6 rings (SSSR count). The number of halogens is 2. The lowest BCUT2D eigenvalue weighted by molar-refractivity contribution is -0.136. The molecule has 0 spiro atoms. The number of aryl methyl sites for hydroxylation is 2. The van der Waals surface area contributed by atoms with Crippen LogP contribution in [0.5, 0.6) is 0 Å². The molecule has 0 saturated carbocycles. The van der Waals surface area contributed by atoms with Gasteiger partial charge in [0.25, 0.3) is 5.91 Å². The fourth-order valence-electron chi connectivity index (χ4n) is 7.09. The van der Waals surface area contributed by atoms with E-state index in [0.717, 1.165) is 61.3 Å². The summed E-state index contributed by atoms with van der Waals surface area (Å²) >= 11 is 12.6. The number of rotatable bonds is 7. The monoisotopic (exact) mass is 663 g/mol. The molecule has 0 radical (unpaired) electrons. The highest BCUT2D eigenvalue weighted by atomic mass is 35.5. The molecule has 3 heterocycles. The van der Waals surface area contributed by atoms with Gasteiger partial charge >= 0.3 is 0 Å². The molecule has 3 aliphatic rings. The summed E-state index contributed by atoms with van der Waals surface area (Å²) in [4.78, 5) is 45.0. The predicted molar refractivity (Wildman–Crippen MR) is 184 cm³/mol. The summed E-state index contributed by atoms with van der Waals surface area (Å²) in [5.41, 5.74) is 11.6. The van der Waals surface area contributed by atoms with Crippen molar-refractivity contribution in [1.29, 1.82) is 0 Å². The van der Waals surface area contributed by atoms with E-state index in [0.29, 0.717) is 53.7 Å². The first-order valence-electron chi connectivity index (χ1n) is 15.9. The Hall–Kier alpha value is -3.43. The van der Waals surface area contributed by atoms with Gasteiger partial charge in [0.1, 0.15) is 6.29 Å².